The lowest BCUT2D eigenvalue weighted by Gasteiger charge is -2.37. The second-order valence-corrected chi connectivity index (χ2v) is 5.91. The zero-order valence-corrected chi connectivity index (χ0v) is 14.3. The molecule has 1 aromatic carbocycles. The smallest absolute Gasteiger partial charge is 0.0807 e. The van der Waals surface area contributed by atoms with Crippen LogP contribution in [-0.2, 0) is 11.2 Å². The monoisotopic (exact) mass is 317 g/mol. The molecule has 0 aliphatic rings. The molecule has 1 rings (SSSR count). The van der Waals surface area contributed by atoms with E-state index in [1.54, 1.807) is 0 Å². The Balaban J connectivity index is 2.99. The van der Waals surface area contributed by atoms with Crippen molar-refractivity contribution in [1.82, 2.24) is 5.32 Å². The van der Waals surface area contributed by atoms with Crippen LogP contribution in [0.25, 0.3) is 0 Å². The fourth-order valence-corrected chi connectivity index (χ4v) is 2.85. The molecule has 0 radical (unpaired) electrons. The van der Waals surface area contributed by atoms with Crippen LogP contribution in [0, 0.1) is 0 Å². The van der Waals surface area contributed by atoms with Crippen LogP contribution in [0.15, 0.2) is 18.2 Å². The van der Waals surface area contributed by atoms with Gasteiger partial charge >= 0.3 is 0 Å². The van der Waals surface area contributed by atoms with Gasteiger partial charge in [0.25, 0.3) is 0 Å². The van der Waals surface area contributed by atoms with Crippen molar-refractivity contribution in [2.75, 3.05) is 13.2 Å². The Morgan fingerprint density at radius 1 is 1.25 bits per heavy atom. The maximum Gasteiger partial charge on any atom is 0.0807 e. The van der Waals surface area contributed by atoms with E-state index in [1.807, 2.05) is 25.1 Å². The van der Waals surface area contributed by atoms with Crippen molar-refractivity contribution in [3.8, 4) is 0 Å². The lowest BCUT2D eigenvalue weighted by Crippen LogP contribution is -2.51. The topological polar surface area (TPSA) is 21.3 Å². The number of rotatable bonds is 8. The highest BCUT2D eigenvalue weighted by molar-refractivity contribution is 6.42. The first-order valence-electron chi connectivity index (χ1n) is 7.28. The molecule has 114 valence electrons. The normalized spacial score (nSPS) is 15.9. The van der Waals surface area contributed by atoms with Gasteiger partial charge in [-0.1, -0.05) is 49.2 Å². The average Bonchev–Trinajstić information content (AvgIpc) is 2.43. The molecule has 4 heteroatoms. The maximum absolute atomic E-state index is 6.31. The third-order valence-corrected chi connectivity index (χ3v) is 4.68. The number of likely N-dealkylation sites (N-methyl/N-ethyl adjacent to an activating group) is 1. The van der Waals surface area contributed by atoms with Crippen LogP contribution < -0.4 is 5.32 Å². The Bertz CT molecular complexity index is 425. The van der Waals surface area contributed by atoms with Crippen molar-refractivity contribution in [3.63, 3.8) is 0 Å². The molecular formula is C16H25Cl2NO. The predicted molar refractivity (Wildman–Crippen MR) is 88.0 cm³/mol. The molecule has 20 heavy (non-hydrogen) atoms. The minimum Gasteiger partial charge on any atom is -0.374 e. The zero-order chi connectivity index (χ0) is 15.2. The molecule has 0 saturated heterocycles. The van der Waals surface area contributed by atoms with E-state index in [1.165, 1.54) is 0 Å². The van der Waals surface area contributed by atoms with Crippen molar-refractivity contribution in [2.45, 2.75) is 52.2 Å². The summed E-state index contributed by atoms with van der Waals surface area (Å²) in [5.41, 5.74) is 0.848. The Kier molecular flexibility index (Phi) is 7.32. The quantitative estimate of drug-likeness (QED) is 0.749. The van der Waals surface area contributed by atoms with Gasteiger partial charge in [0.15, 0.2) is 0 Å². The Morgan fingerprint density at radius 3 is 2.50 bits per heavy atom. The Labute approximate surface area is 132 Å². The molecule has 2 unspecified atom stereocenters. The van der Waals surface area contributed by atoms with E-state index >= 15 is 0 Å². The van der Waals surface area contributed by atoms with E-state index < -0.39 is 0 Å². The van der Waals surface area contributed by atoms with Gasteiger partial charge < -0.3 is 10.1 Å². The minimum atomic E-state index is -0.212. The standard InChI is InChI=1S/C16H25Cl2NO/c1-5-16(4,20-7-3)14(19-6-2)11-12-9-8-10-13(17)15(12)18/h8-10,14,19H,5-7,11H2,1-4H3. The van der Waals surface area contributed by atoms with Gasteiger partial charge in [-0.15, -0.1) is 0 Å². The summed E-state index contributed by atoms with van der Waals surface area (Å²) in [6.07, 6.45) is 1.74. The molecule has 1 N–H and O–H groups in total. The predicted octanol–water partition coefficient (Wildman–Crippen LogP) is 4.72. The van der Waals surface area contributed by atoms with Crippen molar-refractivity contribution >= 4 is 23.2 Å². The summed E-state index contributed by atoms with van der Waals surface area (Å²) in [6.45, 7) is 10.0. The molecule has 0 spiro atoms. The lowest BCUT2D eigenvalue weighted by atomic mass is 9.88. The number of hydrogen-bond donors (Lipinski definition) is 1. The summed E-state index contributed by atoms with van der Waals surface area (Å²) in [6, 6.07) is 5.99. The number of ether oxygens (including phenoxy) is 1. The number of benzene rings is 1. The molecule has 0 heterocycles. The van der Waals surface area contributed by atoms with E-state index in [9.17, 15) is 0 Å². The first-order valence-corrected chi connectivity index (χ1v) is 8.04. The summed E-state index contributed by atoms with van der Waals surface area (Å²) >= 11 is 12.4. The summed E-state index contributed by atoms with van der Waals surface area (Å²) in [5.74, 6) is 0. The molecule has 1 aromatic rings. The van der Waals surface area contributed by atoms with Gasteiger partial charge in [-0.05, 0) is 44.9 Å². The number of hydrogen-bond acceptors (Lipinski definition) is 2. The highest BCUT2D eigenvalue weighted by Crippen LogP contribution is 2.30. The summed E-state index contributed by atoms with van der Waals surface area (Å²) in [5, 5.41) is 4.78. The van der Waals surface area contributed by atoms with E-state index in [4.69, 9.17) is 27.9 Å². The van der Waals surface area contributed by atoms with Crippen LogP contribution in [0.2, 0.25) is 10.0 Å². The molecule has 0 saturated carbocycles. The molecule has 2 nitrogen and oxygen atoms in total. The zero-order valence-electron chi connectivity index (χ0n) is 12.8. The lowest BCUT2D eigenvalue weighted by molar-refractivity contribution is -0.0546. The van der Waals surface area contributed by atoms with Crippen LogP contribution >= 0.6 is 23.2 Å². The molecule has 0 aliphatic carbocycles. The van der Waals surface area contributed by atoms with Gasteiger partial charge in [-0.25, -0.2) is 0 Å². The van der Waals surface area contributed by atoms with E-state index in [2.05, 4.69) is 26.1 Å². The Morgan fingerprint density at radius 2 is 1.95 bits per heavy atom. The van der Waals surface area contributed by atoms with E-state index in [0.717, 1.165) is 24.9 Å². The molecule has 0 amide bonds. The molecule has 0 fully saturated rings. The summed E-state index contributed by atoms with van der Waals surface area (Å²) in [7, 11) is 0. The second kappa shape index (κ2) is 8.23. The van der Waals surface area contributed by atoms with E-state index in [0.29, 0.717) is 16.7 Å². The van der Waals surface area contributed by atoms with Crippen molar-refractivity contribution in [2.24, 2.45) is 0 Å². The fourth-order valence-electron chi connectivity index (χ4n) is 2.46. The van der Waals surface area contributed by atoms with Crippen molar-refractivity contribution < 1.29 is 4.74 Å². The van der Waals surface area contributed by atoms with Crippen LogP contribution in [0.4, 0.5) is 0 Å². The molecule has 0 aliphatic heterocycles. The largest absolute Gasteiger partial charge is 0.374 e. The highest BCUT2D eigenvalue weighted by Gasteiger charge is 2.33. The van der Waals surface area contributed by atoms with Crippen LogP contribution in [-0.4, -0.2) is 24.8 Å². The van der Waals surface area contributed by atoms with Gasteiger partial charge in [0.2, 0.25) is 0 Å². The van der Waals surface area contributed by atoms with Gasteiger partial charge in [0.1, 0.15) is 0 Å². The van der Waals surface area contributed by atoms with Gasteiger partial charge in [-0.2, -0.15) is 0 Å². The molecular weight excluding hydrogens is 293 g/mol. The van der Waals surface area contributed by atoms with Gasteiger partial charge in [-0.3, -0.25) is 0 Å². The van der Waals surface area contributed by atoms with E-state index in [-0.39, 0.29) is 11.6 Å². The number of halogens is 2. The van der Waals surface area contributed by atoms with Crippen molar-refractivity contribution in [3.05, 3.63) is 33.8 Å². The number of nitrogens with one attached hydrogen (secondary N) is 1. The Hall–Kier alpha value is -0.280. The SMILES string of the molecule is CCNC(Cc1cccc(Cl)c1Cl)C(C)(CC)OCC. The fraction of sp³-hybridized carbons (Fsp3) is 0.625. The third-order valence-electron chi connectivity index (χ3n) is 3.82. The van der Waals surface area contributed by atoms with Crippen LogP contribution in [0.3, 0.4) is 0 Å². The molecule has 2 atom stereocenters. The van der Waals surface area contributed by atoms with Gasteiger partial charge in [0, 0.05) is 12.6 Å². The van der Waals surface area contributed by atoms with Crippen molar-refractivity contribution in [1.29, 1.82) is 0 Å². The molecule has 0 aromatic heterocycles. The minimum absolute atomic E-state index is 0.202. The first kappa shape index (κ1) is 17.8. The van der Waals surface area contributed by atoms with Gasteiger partial charge in [0.05, 0.1) is 15.6 Å². The van der Waals surface area contributed by atoms with Crippen LogP contribution in [0.5, 0.6) is 0 Å². The van der Waals surface area contributed by atoms with Crippen LogP contribution in [0.1, 0.15) is 39.7 Å². The average molecular weight is 318 g/mol. The molecule has 0 bridgehead atoms. The summed E-state index contributed by atoms with van der Waals surface area (Å²) in [4.78, 5) is 0. The highest BCUT2D eigenvalue weighted by atomic mass is 35.5. The summed E-state index contributed by atoms with van der Waals surface area (Å²) < 4.78 is 6.00. The maximum atomic E-state index is 6.31. The second-order valence-electron chi connectivity index (χ2n) is 5.13. The first-order chi connectivity index (χ1) is 9.48. The third kappa shape index (κ3) is 4.36.